The lowest BCUT2D eigenvalue weighted by atomic mass is 9.77. The van der Waals surface area contributed by atoms with Crippen molar-refractivity contribution in [1.29, 1.82) is 0 Å². The Morgan fingerprint density at radius 2 is 1.93 bits per heavy atom. The van der Waals surface area contributed by atoms with E-state index < -0.39 is 0 Å². The molecule has 1 aromatic rings. The molecule has 0 radical (unpaired) electrons. The normalized spacial score (nSPS) is 29.5. The summed E-state index contributed by atoms with van der Waals surface area (Å²) >= 11 is 0. The Hall–Kier alpha value is -2.20. The van der Waals surface area contributed by atoms with E-state index in [9.17, 15) is 9.18 Å². The quantitative estimate of drug-likeness (QED) is 0.710. The average Bonchev–Trinajstić information content (AvgIpc) is 2.75. The number of benzene rings is 1. The molecule has 0 spiro atoms. The molecule has 1 amide bonds. The molecular weight excluding hydrogens is 363 g/mol. The average molecular weight is 395 g/mol. The first-order valence-electron chi connectivity index (χ1n) is 10.9. The zero-order valence-electron chi connectivity index (χ0n) is 17.3. The number of nitrogens with zero attached hydrogens (tertiary/aromatic N) is 2. The van der Waals surface area contributed by atoms with Crippen molar-refractivity contribution in [1.82, 2.24) is 9.80 Å². The number of fused-ring (bicyclic) bond motifs is 3. The Kier molecular flexibility index (Phi) is 6.00. The van der Waals surface area contributed by atoms with E-state index in [0.29, 0.717) is 24.8 Å². The summed E-state index contributed by atoms with van der Waals surface area (Å²) in [4.78, 5) is 18.0. The summed E-state index contributed by atoms with van der Waals surface area (Å²) in [5.41, 5.74) is 3.23. The predicted molar refractivity (Wildman–Crippen MR) is 115 cm³/mol. The highest BCUT2D eigenvalue weighted by Crippen LogP contribution is 2.40. The molecule has 4 heteroatoms. The Balaban J connectivity index is 1.63. The number of carbonyl (C=O) groups is 1. The van der Waals surface area contributed by atoms with Gasteiger partial charge in [-0.2, -0.15) is 0 Å². The third-order valence-corrected chi connectivity index (χ3v) is 6.93. The molecule has 0 unspecified atom stereocenters. The minimum absolute atomic E-state index is 0.179. The van der Waals surface area contributed by atoms with Gasteiger partial charge in [-0.1, -0.05) is 36.9 Å². The third kappa shape index (κ3) is 4.09. The molecule has 5 rings (SSSR count). The van der Waals surface area contributed by atoms with Crippen LogP contribution in [0.25, 0.3) is 0 Å². The number of piperidine rings is 3. The SMILES string of the molecule is C=CC1=C(/C=C\C)[C@@H](c2ccc(F)cc2)N(C(=O)C[C@@H]2CN3CCC2CC3)CC1. The summed E-state index contributed by atoms with van der Waals surface area (Å²) in [5, 5.41) is 0. The van der Waals surface area contributed by atoms with Crippen LogP contribution in [0.5, 0.6) is 0 Å². The van der Waals surface area contributed by atoms with Crippen LogP contribution in [0.1, 0.15) is 44.2 Å². The smallest absolute Gasteiger partial charge is 0.223 e. The summed E-state index contributed by atoms with van der Waals surface area (Å²) in [5.74, 6) is 1.12. The molecule has 4 aliphatic heterocycles. The van der Waals surface area contributed by atoms with Gasteiger partial charge in [0.2, 0.25) is 5.91 Å². The lowest BCUT2D eigenvalue weighted by Gasteiger charge is -2.46. The summed E-state index contributed by atoms with van der Waals surface area (Å²) in [6.07, 6.45) is 9.88. The van der Waals surface area contributed by atoms with Crippen LogP contribution >= 0.6 is 0 Å². The van der Waals surface area contributed by atoms with Crippen LogP contribution in [0, 0.1) is 17.7 Å². The molecule has 29 heavy (non-hydrogen) atoms. The Labute approximate surface area is 173 Å². The Morgan fingerprint density at radius 1 is 1.21 bits per heavy atom. The van der Waals surface area contributed by atoms with Gasteiger partial charge in [-0.05, 0) is 80.0 Å². The van der Waals surface area contributed by atoms with Gasteiger partial charge in [-0.3, -0.25) is 4.79 Å². The fourth-order valence-electron chi connectivity index (χ4n) is 5.39. The van der Waals surface area contributed by atoms with Crippen LogP contribution < -0.4 is 0 Å². The molecule has 0 N–H and O–H groups in total. The number of halogens is 1. The van der Waals surface area contributed by atoms with Gasteiger partial charge in [0.25, 0.3) is 0 Å². The lowest BCUT2D eigenvalue weighted by Crippen LogP contribution is -2.49. The highest BCUT2D eigenvalue weighted by molar-refractivity contribution is 5.78. The minimum atomic E-state index is -0.254. The lowest BCUT2D eigenvalue weighted by molar-refractivity contribution is -0.136. The van der Waals surface area contributed by atoms with Crippen LogP contribution in [-0.2, 0) is 4.79 Å². The van der Waals surface area contributed by atoms with Crippen LogP contribution in [-0.4, -0.2) is 41.9 Å². The van der Waals surface area contributed by atoms with Crippen LogP contribution in [0.2, 0.25) is 0 Å². The monoisotopic (exact) mass is 394 g/mol. The first kappa shape index (κ1) is 20.1. The molecule has 3 saturated heterocycles. The number of carbonyl (C=O) groups excluding carboxylic acids is 1. The van der Waals surface area contributed by atoms with E-state index in [1.807, 2.05) is 36.1 Å². The van der Waals surface area contributed by atoms with Gasteiger partial charge in [-0.25, -0.2) is 4.39 Å². The fraction of sp³-hybridized carbons (Fsp3) is 0.480. The van der Waals surface area contributed by atoms with Gasteiger partial charge in [-0.15, -0.1) is 0 Å². The largest absolute Gasteiger partial charge is 0.331 e. The van der Waals surface area contributed by atoms with Gasteiger partial charge in [0.15, 0.2) is 0 Å². The van der Waals surface area contributed by atoms with Gasteiger partial charge >= 0.3 is 0 Å². The first-order valence-corrected chi connectivity index (χ1v) is 10.9. The van der Waals surface area contributed by atoms with Gasteiger partial charge in [0, 0.05) is 19.5 Å². The van der Waals surface area contributed by atoms with E-state index in [-0.39, 0.29) is 17.8 Å². The fourth-order valence-corrected chi connectivity index (χ4v) is 5.39. The van der Waals surface area contributed by atoms with E-state index in [1.54, 1.807) is 0 Å². The van der Waals surface area contributed by atoms with E-state index in [1.165, 1.54) is 43.6 Å². The van der Waals surface area contributed by atoms with Crippen LogP contribution in [0.3, 0.4) is 0 Å². The molecule has 2 atom stereocenters. The second-order valence-corrected chi connectivity index (χ2v) is 8.58. The van der Waals surface area contributed by atoms with Crippen molar-refractivity contribution < 1.29 is 9.18 Å². The van der Waals surface area contributed by atoms with E-state index in [4.69, 9.17) is 0 Å². The molecule has 1 aromatic carbocycles. The van der Waals surface area contributed by atoms with E-state index in [0.717, 1.165) is 24.1 Å². The van der Waals surface area contributed by atoms with Crippen LogP contribution in [0.4, 0.5) is 4.39 Å². The second kappa shape index (κ2) is 8.66. The first-order chi connectivity index (χ1) is 14.1. The maximum absolute atomic E-state index is 13.6. The standard InChI is InChI=1S/C25H31FN2O/c1-3-5-23-18(4-2)12-15-28(25(23)20-6-8-22(26)9-7-20)24(29)16-21-17-27-13-10-19(21)11-14-27/h3-9,19,21,25H,2,10-17H2,1H3/b5-3-/t21-,25-/m1/s1. The Bertz CT molecular complexity index is 818. The van der Waals surface area contributed by atoms with Crippen molar-refractivity contribution in [2.45, 2.75) is 38.6 Å². The van der Waals surface area contributed by atoms with Crippen molar-refractivity contribution in [3.05, 3.63) is 71.6 Å². The molecule has 2 bridgehead atoms. The van der Waals surface area contributed by atoms with Crippen molar-refractivity contribution in [3.63, 3.8) is 0 Å². The minimum Gasteiger partial charge on any atom is -0.331 e. The van der Waals surface area contributed by atoms with E-state index >= 15 is 0 Å². The Morgan fingerprint density at radius 3 is 2.52 bits per heavy atom. The highest BCUT2D eigenvalue weighted by atomic mass is 19.1. The molecule has 0 aliphatic carbocycles. The van der Waals surface area contributed by atoms with Crippen molar-refractivity contribution in [3.8, 4) is 0 Å². The predicted octanol–water partition coefficient (Wildman–Crippen LogP) is 4.89. The van der Waals surface area contributed by atoms with E-state index in [2.05, 4.69) is 17.6 Å². The summed E-state index contributed by atoms with van der Waals surface area (Å²) < 4.78 is 13.6. The molecule has 4 aliphatic rings. The topological polar surface area (TPSA) is 23.6 Å². The molecule has 154 valence electrons. The highest BCUT2D eigenvalue weighted by Gasteiger charge is 2.38. The summed E-state index contributed by atoms with van der Waals surface area (Å²) in [6, 6.07) is 6.41. The third-order valence-electron chi connectivity index (χ3n) is 6.93. The number of amides is 1. The maximum atomic E-state index is 13.6. The van der Waals surface area contributed by atoms with Crippen molar-refractivity contribution in [2.24, 2.45) is 11.8 Å². The number of hydrogen-bond acceptors (Lipinski definition) is 2. The zero-order valence-corrected chi connectivity index (χ0v) is 17.3. The number of allylic oxidation sites excluding steroid dienone is 2. The zero-order chi connectivity index (χ0) is 20.4. The number of rotatable bonds is 5. The van der Waals surface area contributed by atoms with Gasteiger partial charge in [0.05, 0.1) is 6.04 Å². The van der Waals surface area contributed by atoms with Gasteiger partial charge < -0.3 is 9.80 Å². The molecule has 3 fully saturated rings. The van der Waals surface area contributed by atoms with Crippen molar-refractivity contribution >= 4 is 5.91 Å². The molecule has 0 saturated carbocycles. The number of hydrogen-bond donors (Lipinski definition) is 0. The maximum Gasteiger partial charge on any atom is 0.223 e. The summed E-state index contributed by atoms with van der Waals surface area (Å²) in [6.45, 7) is 10.1. The molecular formula is C25H31FN2O. The van der Waals surface area contributed by atoms with Crippen molar-refractivity contribution in [2.75, 3.05) is 26.2 Å². The van der Waals surface area contributed by atoms with Crippen LogP contribution in [0.15, 0.2) is 60.2 Å². The van der Waals surface area contributed by atoms with Gasteiger partial charge in [0.1, 0.15) is 5.82 Å². The molecule has 4 heterocycles. The summed E-state index contributed by atoms with van der Waals surface area (Å²) in [7, 11) is 0. The second-order valence-electron chi connectivity index (χ2n) is 8.58. The molecule has 0 aromatic heterocycles. The molecule has 3 nitrogen and oxygen atoms in total.